The standard InChI is InChI=1S/C29H29N5O4S.ClH/c1-2-30-28(35)27(19-24-20-32-33(21-24)22-25-13-9-10-17-31-25)29(36)34(26-14-7-4-8-15-26)39(37,38)18-16-23-11-5-3-6-12-23;/h3-18,20-21,27H,2,19,22H2,1H3,(H,30,35);1H. The molecule has 9 nitrogen and oxygen atoms in total. The normalized spacial score (nSPS) is 11.9. The van der Waals surface area contributed by atoms with Gasteiger partial charge in [0.25, 0.3) is 15.9 Å². The van der Waals surface area contributed by atoms with Crippen molar-refractivity contribution in [3.05, 3.63) is 120 Å². The average molecular weight is 580 g/mol. The van der Waals surface area contributed by atoms with Gasteiger partial charge in [0.1, 0.15) is 5.92 Å². The van der Waals surface area contributed by atoms with E-state index in [1.54, 1.807) is 72.7 Å². The van der Waals surface area contributed by atoms with E-state index in [-0.39, 0.29) is 31.1 Å². The molecule has 0 fully saturated rings. The molecule has 208 valence electrons. The van der Waals surface area contributed by atoms with Gasteiger partial charge in [0.05, 0.1) is 29.5 Å². The third-order valence-corrected chi connectivity index (χ3v) is 7.20. The summed E-state index contributed by atoms with van der Waals surface area (Å²) in [4.78, 5) is 31.3. The molecule has 2 heterocycles. The van der Waals surface area contributed by atoms with Gasteiger partial charge in [0, 0.05) is 18.9 Å². The molecule has 0 bridgehead atoms. The van der Waals surface area contributed by atoms with Crippen molar-refractivity contribution in [3.63, 3.8) is 0 Å². The molecule has 0 saturated heterocycles. The van der Waals surface area contributed by atoms with E-state index in [2.05, 4.69) is 15.4 Å². The van der Waals surface area contributed by atoms with E-state index >= 15 is 0 Å². The van der Waals surface area contributed by atoms with Crippen LogP contribution in [0.2, 0.25) is 0 Å². The number of nitrogens with one attached hydrogen (secondary N) is 1. The number of aromatic nitrogens is 3. The van der Waals surface area contributed by atoms with E-state index < -0.39 is 27.8 Å². The molecule has 1 unspecified atom stereocenters. The third-order valence-electron chi connectivity index (χ3n) is 5.82. The van der Waals surface area contributed by atoms with Crippen molar-refractivity contribution < 1.29 is 18.0 Å². The maximum Gasteiger partial charge on any atom is 0.264 e. The van der Waals surface area contributed by atoms with Crippen LogP contribution < -0.4 is 9.62 Å². The van der Waals surface area contributed by atoms with Gasteiger partial charge in [-0.1, -0.05) is 54.6 Å². The number of hydrogen-bond acceptors (Lipinski definition) is 6. The van der Waals surface area contributed by atoms with Crippen LogP contribution in [0.15, 0.2) is 103 Å². The Morgan fingerprint density at radius 1 is 1.00 bits per heavy atom. The van der Waals surface area contributed by atoms with Gasteiger partial charge in [-0.2, -0.15) is 5.10 Å². The molecule has 40 heavy (non-hydrogen) atoms. The van der Waals surface area contributed by atoms with Crippen LogP contribution >= 0.6 is 12.4 Å². The summed E-state index contributed by atoms with van der Waals surface area (Å²) in [6.07, 6.45) is 6.37. The third kappa shape index (κ3) is 7.87. The maximum absolute atomic E-state index is 13.9. The number of rotatable bonds is 11. The molecular weight excluding hydrogens is 550 g/mol. The van der Waals surface area contributed by atoms with Crippen molar-refractivity contribution in [3.8, 4) is 0 Å². The lowest BCUT2D eigenvalue weighted by Gasteiger charge is -2.25. The zero-order chi connectivity index (χ0) is 27.7. The highest BCUT2D eigenvalue weighted by atomic mass is 35.5. The summed E-state index contributed by atoms with van der Waals surface area (Å²) in [6, 6.07) is 22.5. The SMILES string of the molecule is CCNC(=O)C(Cc1cnn(Cc2ccccn2)c1)C(=O)N(c1ccccc1)S(=O)(=O)C=Cc1ccccc1.Cl. The molecule has 0 radical (unpaired) electrons. The van der Waals surface area contributed by atoms with Gasteiger partial charge in [-0.05, 0) is 54.8 Å². The minimum absolute atomic E-state index is 0. The van der Waals surface area contributed by atoms with Crippen LogP contribution in [-0.2, 0) is 32.6 Å². The summed E-state index contributed by atoms with van der Waals surface area (Å²) in [5, 5.41) is 7.99. The number of halogens is 1. The topological polar surface area (TPSA) is 114 Å². The summed E-state index contributed by atoms with van der Waals surface area (Å²) in [5.74, 6) is -2.73. The Balaban J connectivity index is 0.00000441. The molecule has 1 atom stereocenters. The fourth-order valence-corrected chi connectivity index (χ4v) is 5.22. The predicted molar refractivity (Wildman–Crippen MR) is 157 cm³/mol. The summed E-state index contributed by atoms with van der Waals surface area (Å²) < 4.78 is 29.5. The second-order valence-corrected chi connectivity index (χ2v) is 10.4. The van der Waals surface area contributed by atoms with Gasteiger partial charge >= 0.3 is 0 Å². The summed E-state index contributed by atoms with van der Waals surface area (Å²) in [7, 11) is -4.30. The van der Waals surface area contributed by atoms with Crippen LogP contribution in [0.4, 0.5) is 5.69 Å². The van der Waals surface area contributed by atoms with Crippen LogP contribution in [0, 0.1) is 5.92 Å². The Hall–Kier alpha value is -4.28. The van der Waals surface area contributed by atoms with Gasteiger partial charge in [-0.15, -0.1) is 12.4 Å². The first-order valence-electron chi connectivity index (χ1n) is 12.4. The van der Waals surface area contributed by atoms with Crippen molar-refractivity contribution in [1.29, 1.82) is 0 Å². The van der Waals surface area contributed by atoms with Crippen LogP contribution in [0.1, 0.15) is 23.7 Å². The molecule has 0 aliphatic carbocycles. The molecule has 0 aliphatic rings. The van der Waals surface area contributed by atoms with Crippen LogP contribution in [0.3, 0.4) is 0 Å². The zero-order valence-electron chi connectivity index (χ0n) is 21.8. The van der Waals surface area contributed by atoms with Crippen molar-refractivity contribution in [2.45, 2.75) is 19.9 Å². The van der Waals surface area contributed by atoms with Gasteiger partial charge < -0.3 is 5.32 Å². The molecule has 0 aliphatic heterocycles. The molecular formula is C29H30ClN5O4S. The zero-order valence-corrected chi connectivity index (χ0v) is 23.5. The number of anilines is 1. The smallest absolute Gasteiger partial charge is 0.264 e. The van der Waals surface area contributed by atoms with Crippen LogP contribution in [0.5, 0.6) is 0 Å². The highest BCUT2D eigenvalue weighted by Crippen LogP contribution is 2.24. The maximum atomic E-state index is 13.9. The van der Waals surface area contributed by atoms with Crippen molar-refractivity contribution in [1.82, 2.24) is 20.1 Å². The number of hydrogen-bond donors (Lipinski definition) is 1. The van der Waals surface area contributed by atoms with E-state index in [1.165, 1.54) is 18.2 Å². The van der Waals surface area contributed by atoms with Crippen LogP contribution in [0.25, 0.3) is 6.08 Å². The quantitative estimate of drug-likeness (QED) is 0.268. The number of sulfonamides is 1. The second kappa shape index (κ2) is 14.2. The first kappa shape index (κ1) is 30.3. The second-order valence-electron chi connectivity index (χ2n) is 8.72. The highest BCUT2D eigenvalue weighted by Gasteiger charge is 2.37. The monoisotopic (exact) mass is 579 g/mol. The minimum atomic E-state index is -4.30. The Morgan fingerprint density at radius 2 is 1.68 bits per heavy atom. The van der Waals surface area contributed by atoms with Gasteiger partial charge in [-0.3, -0.25) is 19.3 Å². The molecule has 2 aromatic carbocycles. The molecule has 11 heteroatoms. The summed E-state index contributed by atoms with van der Waals surface area (Å²) >= 11 is 0. The molecule has 4 rings (SSSR count). The highest BCUT2D eigenvalue weighted by molar-refractivity contribution is 7.96. The predicted octanol–water partition coefficient (Wildman–Crippen LogP) is 4.08. The number of carbonyl (C=O) groups excluding carboxylic acids is 2. The average Bonchev–Trinajstić information content (AvgIpc) is 3.39. The Morgan fingerprint density at radius 3 is 2.33 bits per heavy atom. The lowest BCUT2D eigenvalue weighted by atomic mass is 9.99. The minimum Gasteiger partial charge on any atom is -0.356 e. The molecule has 2 aromatic heterocycles. The Labute approximate surface area is 240 Å². The number of pyridine rings is 1. The molecule has 0 saturated carbocycles. The molecule has 1 N–H and O–H groups in total. The van der Waals surface area contributed by atoms with E-state index in [0.717, 1.165) is 11.1 Å². The number of amides is 2. The van der Waals surface area contributed by atoms with E-state index in [4.69, 9.17) is 0 Å². The van der Waals surface area contributed by atoms with Crippen molar-refractivity contribution in [2.24, 2.45) is 5.92 Å². The van der Waals surface area contributed by atoms with E-state index in [0.29, 0.717) is 22.0 Å². The van der Waals surface area contributed by atoms with Gasteiger partial charge in [0.2, 0.25) is 5.91 Å². The lowest BCUT2D eigenvalue weighted by Crippen LogP contribution is -2.46. The largest absolute Gasteiger partial charge is 0.356 e. The van der Waals surface area contributed by atoms with Crippen molar-refractivity contribution in [2.75, 3.05) is 10.8 Å². The van der Waals surface area contributed by atoms with Crippen LogP contribution in [-0.4, -0.2) is 41.5 Å². The lowest BCUT2D eigenvalue weighted by molar-refractivity contribution is -0.133. The Kier molecular flexibility index (Phi) is 10.7. The number of nitrogens with zero attached hydrogens (tertiary/aromatic N) is 4. The first-order valence-corrected chi connectivity index (χ1v) is 13.9. The summed E-state index contributed by atoms with van der Waals surface area (Å²) in [5.41, 5.74) is 2.21. The molecule has 2 amide bonds. The molecule has 0 spiro atoms. The number of carbonyl (C=O) groups is 2. The fraction of sp³-hybridized carbons (Fsp3) is 0.172. The number of benzene rings is 2. The van der Waals surface area contributed by atoms with Gasteiger partial charge in [-0.25, -0.2) is 12.7 Å². The van der Waals surface area contributed by atoms with Gasteiger partial charge in [0.15, 0.2) is 0 Å². The van der Waals surface area contributed by atoms with Crippen molar-refractivity contribution >= 4 is 46.0 Å². The van der Waals surface area contributed by atoms with E-state index in [1.807, 2.05) is 24.3 Å². The fourth-order valence-electron chi connectivity index (χ4n) is 3.98. The first-order chi connectivity index (χ1) is 18.9. The number of para-hydroxylation sites is 1. The Bertz CT molecular complexity index is 1530. The molecule has 4 aromatic rings. The summed E-state index contributed by atoms with van der Waals surface area (Å²) in [6.45, 7) is 2.43. The van der Waals surface area contributed by atoms with E-state index in [9.17, 15) is 18.0 Å².